The van der Waals surface area contributed by atoms with E-state index in [1.54, 1.807) is 12.1 Å². The van der Waals surface area contributed by atoms with E-state index in [2.05, 4.69) is 10.5 Å². The standard InChI is InChI=1S/C30H25ClN4O4/c31-27-28(19-11-5-2-6-12-19)35(30(27)39)32-17-25(37)34-23(18-9-3-1-4-10-18)16-22(33-34)26-24(36)15-20-13-7-8-14-21(20)29(26)38/h1-14,23,27-28,32,38H,15-17H2. The smallest absolute Gasteiger partial charge is 0.259 e. The first kappa shape index (κ1) is 25.0. The van der Waals surface area contributed by atoms with E-state index in [1.165, 1.54) is 10.0 Å². The highest BCUT2D eigenvalue weighted by molar-refractivity contribution is 6.33. The van der Waals surface area contributed by atoms with Crippen molar-refractivity contribution in [2.24, 2.45) is 5.10 Å². The van der Waals surface area contributed by atoms with E-state index in [1.807, 2.05) is 72.8 Å². The van der Waals surface area contributed by atoms with Gasteiger partial charge in [-0.2, -0.15) is 5.10 Å². The molecule has 2 aliphatic heterocycles. The fourth-order valence-corrected chi connectivity index (χ4v) is 5.75. The zero-order valence-electron chi connectivity index (χ0n) is 20.8. The molecule has 0 bridgehead atoms. The predicted octanol–water partition coefficient (Wildman–Crippen LogP) is 4.11. The number of Topliss-reactive ketones (excluding diaryl/α,β-unsaturated/α-hetero) is 1. The third-order valence-electron chi connectivity index (χ3n) is 7.35. The number of amides is 2. The molecule has 2 heterocycles. The molecule has 3 aromatic carbocycles. The highest BCUT2D eigenvalue weighted by Gasteiger charge is 2.48. The first-order chi connectivity index (χ1) is 18.9. The molecule has 0 spiro atoms. The van der Waals surface area contributed by atoms with E-state index in [0.717, 1.165) is 16.7 Å². The van der Waals surface area contributed by atoms with E-state index >= 15 is 0 Å². The highest BCUT2D eigenvalue weighted by Crippen LogP contribution is 2.38. The van der Waals surface area contributed by atoms with Crippen LogP contribution in [0.4, 0.5) is 0 Å². The maximum Gasteiger partial charge on any atom is 0.259 e. The molecule has 0 radical (unpaired) electrons. The van der Waals surface area contributed by atoms with Crippen molar-refractivity contribution in [1.82, 2.24) is 15.4 Å². The molecule has 9 heteroatoms. The molecule has 3 aromatic rings. The second-order valence-corrected chi connectivity index (χ2v) is 10.2. The van der Waals surface area contributed by atoms with Crippen molar-refractivity contribution in [2.45, 2.75) is 30.3 Å². The summed E-state index contributed by atoms with van der Waals surface area (Å²) in [5.74, 6) is -1.07. The number of rotatable bonds is 6. The van der Waals surface area contributed by atoms with Gasteiger partial charge < -0.3 is 5.11 Å². The van der Waals surface area contributed by atoms with Crippen LogP contribution >= 0.6 is 11.6 Å². The summed E-state index contributed by atoms with van der Waals surface area (Å²) in [6.07, 6.45) is 0.416. The Balaban J connectivity index is 1.27. The van der Waals surface area contributed by atoms with E-state index in [0.29, 0.717) is 11.3 Å². The van der Waals surface area contributed by atoms with E-state index in [4.69, 9.17) is 11.6 Å². The molecule has 1 aliphatic carbocycles. The minimum atomic E-state index is -0.724. The summed E-state index contributed by atoms with van der Waals surface area (Å²) in [6.45, 7) is -0.208. The molecule has 3 unspecified atom stereocenters. The first-order valence-electron chi connectivity index (χ1n) is 12.7. The van der Waals surface area contributed by atoms with Crippen molar-refractivity contribution in [1.29, 1.82) is 0 Å². The van der Waals surface area contributed by atoms with Crippen molar-refractivity contribution in [3.05, 3.63) is 113 Å². The number of hydrogen-bond acceptors (Lipinski definition) is 6. The molecule has 1 saturated heterocycles. The van der Waals surface area contributed by atoms with Crippen LogP contribution < -0.4 is 5.43 Å². The number of aliphatic hydroxyl groups is 1. The number of aliphatic hydroxyl groups excluding tert-OH is 1. The van der Waals surface area contributed by atoms with Gasteiger partial charge in [-0.3, -0.25) is 19.4 Å². The monoisotopic (exact) mass is 540 g/mol. The van der Waals surface area contributed by atoms with Crippen molar-refractivity contribution < 1.29 is 19.5 Å². The number of fused-ring (bicyclic) bond motifs is 1. The number of allylic oxidation sites excluding steroid dienone is 1. The second-order valence-electron chi connectivity index (χ2n) is 9.70. The van der Waals surface area contributed by atoms with Crippen LogP contribution in [-0.4, -0.2) is 50.4 Å². The van der Waals surface area contributed by atoms with Gasteiger partial charge in [0, 0.05) is 18.4 Å². The highest BCUT2D eigenvalue weighted by atomic mass is 35.5. The Morgan fingerprint density at radius 3 is 2.31 bits per heavy atom. The topological polar surface area (TPSA) is 102 Å². The fraction of sp³-hybridized carbons (Fsp3) is 0.200. The average molecular weight is 541 g/mol. The molecule has 3 atom stereocenters. The van der Waals surface area contributed by atoms with Crippen LogP contribution in [0.2, 0.25) is 0 Å². The van der Waals surface area contributed by atoms with E-state index in [9.17, 15) is 19.5 Å². The Kier molecular flexibility index (Phi) is 6.50. The van der Waals surface area contributed by atoms with E-state index < -0.39 is 17.5 Å². The Bertz CT molecular complexity index is 1520. The molecular formula is C30H25ClN4O4. The van der Waals surface area contributed by atoms with Crippen LogP contribution in [0, 0.1) is 0 Å². The van der Waals surface area contributed by atoms with Gasteiger partial charge in [0.05, 0.1) is 29.9 Å². The largest absolute Gasteiger partial charge is 0.506 e. The molecular weight excluding hydrogens is 516 g/mol. The molecule has 2 N–H and O–H groups in total. The summed E-state index contributed by atoms with van der Waals surface area (Å²) in [5.41, 5.74) is 6.49. The third kappa shape index (κ3) is 4.41. The normalized spacial score (nSPS) is 22.5. The Morgan fingerprint density at radius 1 is 0.949 bits per heavy atom. The van der Waals surface area contributed by atoms with Crippen molar-refractivity contribution in [2.75, 3.05) is 6.54 Å². The minimum Gasteiger partial charge on any atom is -0.506 e. The zero-order valence-corrected chi connectivity index (χ0v) is 21.6. The summed E-state index contributed by atoms with van der Waals surface area (Å²) in [4.78, 5) is 39.1. The number of halogens is 1. The van der Waals surface area contributed by atoms with Gasteiger partial charge in [0.2, 0.25) is 0 Å². The number of benzene rings is 3. The summed E-state index contributed by atoms with van der Waals surface area (Å²) < 4.78 is 0. The lowest BCUT2D eigenvalue weighted by molar-refractivity contribution is -0.152. The lowest BCUT2D eigenvalue weighted by Gasteiger charge is -2.44. The molecule has 3 aliphatic rings. The van der Waals surface area contributed by atoms with Gasteiger partial charge in [0.1, 0.15) is 11.1 Å². The summed E-state index contributed by atoms with van der Waals surface area (Å²) >= 11 is 6.30. The fourth-order valence-electron chi connectivity index (χ4n) is 5.39. The number of alkyl halides is 1. The molecule has 0 saturated carbocycles. The molecule has 8 nitrogen and oxygen atoms in total. The number of β-lactam (4-membered cyclic amide) rings is 1. The Labute approximate surface area is 230 Å². The van der Waals surface area contributed by atoms with Crippen LogP contribution in [0.5, 0.6) is 0 Å². The molecule has 196 valence electrons. The number of carbonyl (C=O) groups excluding carboxylic acids is 3. The van der Waals surface area contributed by atoms with Crippen molar-refractivity contribution in [3.8, 4) is 0 Å². The van der Waals surface area contributed by atoms with Crippen molar-refractivity contribution in [3.63, 3.8) is 0 Å². The maximum absolute atomic E-state index is 13.5. The SMILES string of the molecule is O=C1Cc2ccccc2C(O)=C1C1=NN(C(=O)CNN2C(=O)C(Cl)C2c2ccccc2)C(c2ccccc2)C1. The first-order valence-corrected chi connectivity index (χ1v) is 13.1. The second kappa shape index (κ2) is 10.1. The van der Waals surface area contributed by atoms with Crippen molar-refractivity contribution >= 4 is 40.7 Å². The third-order valence-corrected chi connectivity index (χ3v) is 7.77. The number of carbonyl (C=O) groups is 3. The molecule has 39 heavy (non-hydrogen) atoms. The number of hydrazone groups is 1. The lowest BCUT2D eigenvalue weighted by Crippen LogP contribution is -2.63. The number of ketones is 1. The summed E-state index contributed by atoms with van der Waals surface area (Å²) in [5, 5.41) is 17.6. The maximum atomic E-state index is 13.5. The average Bonchev–Trinajstić information content (AvgIpc) is 3.40. The van der Waals surface area contributed by atoms with Crippen LogP contribution in [0.25, 0.3) is 5.76 Å². The van der Waals surface area contributed by atoms with Gasteiger partial charge in [-0.15, -0.1) is 11.6 Å². The van der Waals surface area contributed by atoms with Crippen LogP contribution in [0.15, 0.2) is 95.6 Å². The van der Waals surface area contributed by atoms with Gasteiger partial charge in [0.25, 0.3) is 11.8 Å². The summed E-state index contributed by atoms with van der Waals surface area (Å²) in [6, 6.07) is 25.1. The van der Waals surface area contributed by atoms with Gasteiger partial charge >= 0.3 is 0 Å². The molecule has 0 aromatic heterocycles. The quantitative estimate of drug-likeness (QED) is 0.362. The van der Waals surface area contributed by atoms with Crippen LogP contribution in [0.3, 0.4) is 0 Å². The molecule has 6 rings (SSSR count). The number of nitrogens with one attached hydrogen (secondary N) is 1. The van der Waals surface area contributed by atoms with E-state index in [-0.39, 0.29) is 48.3 Å². The van der Waals surface area contributed by atoms with Gasteiger partial charge in [-0.1, -0.05) is 84.9 Å². The lowest BCUT2D eigenvalue weighted by atomic mass is 9.85. The van der Waals surface area contributed by atoms with Gasteiger partial charge in [0.15, 0.2) is 5.78 Å². The predicted molar refractivity (Wildman–Crippen MR) is 146 cm³/mol. The summed E-state index contributed by atoms with van der Waals surface area (Å²) in [7, 11) is 0. The number of hydrogen-bond donors (Lipinski definition) is 2. The van der Waals surface area contributed by atoms with Crippen LogP contribution in [0.1, 0.15) is 40.8 Å². The zero-order chi connectivity index (χ0) is 27.1. The minimum absolute atomic E-state index is 0.120. The Morgan fingerprint density at radius 2 is 1.59 bits per heavy atom. The molecule has 2 amide bonds. The van der Waals surface area contributed by atoms with Gasteiger partial charge in [-0.25, -0.2) is 10.4 Å². The van der Waals surface area contributed by atoms with Gasteiger partial charge in [-0.05, 0) is 16.7 Å². The van der Waals surface area contributed by atoms with Crippen LogP contribution in [-0.2, 0) is 20.8 Å². The Hall–Kier alpha value is -4.27. The molecule has 1 fully saturated rings. The number of nitrogens with zero attached hydrogens (tertiary/aromatic N) is 3. The number of hydrazine groups is 1.